The molecule has 0 aliphatic rings. The number of hydrogen-bond donors (Lipinski definition) is 0. The zero-order valence-corrected chi connectivity index (χ0v) is 8.22. The van der Waals surface area contributed by atoms with E-state index in [1.807, 2.05) is 0 Å². The summed E-state index contributed by atoms with van der Waals surface area (Å²) < 4.78 is 1.55. The quantitative estimate of drug-likeness (QED) is 0.633. The molecule has 0 nitrogen and oxygen atoms in total. The molecule has 0 atom stereocenters. The minimum atomic E-state index is 0.612. The van der Waals surface area contributed by atoms with E-state index in [4.69, 9.17) is 0 Å². The predicted octanol–water partition coefficient (Wildman–Crippen LogP) is 2.46. The third kappa shape index (κ3) is 1.26. The van der Waals surface area contributed by atoms with Crippen molar-refractivity contribution in [3.63, 3.8) is 0 Å². The maximum atomic E-state index is 2.34. The Morgan fingerprint density at radius 2 is 2.18 bits per heavy atom. The summed E-state index contributed by atoms with van der Waals surface area (Å²) >= 11 is 0.612. The number of fused-ring (bicyclic) bond motifs is 1. The van der Waals surface area contributed by atoms with Gasteiger partial charge in [-0.1, -0.05) is 0 Å². The molecular weight excluding hydrogens is 199 g/mol. The van der Waals surface area contributed by atoms with Gasteiger partial charge in [0.2, 0.25) is 0 Å². The molecule has 0 spiro atoms. The first-order valence-electron chi connectivity index (χ1n) is 3.86. The second kappa shape index (κ2) is 2.84. The molecule has 0 aliphatic carbocycles. The average molecular weight is 209 g/mol. The van der Waals surface area contributed by atoms with Crippen molar-refractivity contribution in [3.05, 3.63) is 34.8 Å². The Morgan fingerprint density at radius 1 is 1.27 bits per heavy atom. The van der Waals surface area contributed by atoms with Crippen LogP contribution < -0.4 is 0 Å². The van der Waals surface area contributed by atoms with E-state index in [1.54, 1.807) is 4.26 Å². The molecule has 0 fully saturated rings. The van der Waals surface area contributed by atoms with Crippen LogP contribution in [-0.2, 0) is 6.42 Å². The van der Waals surface area contributed by atoms with Crippen molar-refractivity contribution >= 4 is 24.1 Å². The van der Waals surface area contributed by atoms with Crippen molar-refractivity contribution in [3.8, 4) is 0 Å². The molecule has 1 heterocycles. The molecule has 0 aliphatic heterocycles. The van der Waals surface area contributed by atoms with Crippen LogP contribution in [0.25, 0.3) is 9.65 Å². The summed E-state index contributed by atoms with van der Waals surface area (Å²) in [7, 11) is 0. The second-order valence-electron chi connectivity index (χ2n) is 2.65. The van der Waals surface area contributed by atoms with Crippen molar-refractivity contribution in [2.45, 2.75) is 13.3 Å². The van der Waals surface area contributed by atoms with Crippen LogP contribution in [0.15, 0.2) is 29.2 Å². The van der Waals surface area contributed by atoms with E-state index < -0.39 is 0 Å². The van der Waals surface area contributed by atoms with E-state index in [-0.39, 0.29) is 0 Å². The summed E-state index contributed by atoms with van der Waals surface area (Å²) in [6.07, 6.45) is 1.16. The Labute approximate surface area is 72.6 Å². The van der Waals surface area contributed by atoms with Gasteiger partial charge in [-0.25, -0.2) is 0 Å². The Hall–Kier alpha value is -0.521. The second-order valence-corrected chi connectivity index (χ2v) is 4.63. The number of aryl methyl sites for hydroxylation is 1. The SMILES string of the molecule is CCc1ccc2cc[se]c2c1. The topological polar surface area (TPSA) is 0 Å². The first-order valence-corrected chi connectivity index (χ1v) is 5.71. The van der Waals surface area contributed by atoms with Gasteiger partial charge in [-0.2, -0.15) is 0 Å². The fourth-order valence-electron chi connectivity index (χ4n) is 1.22. The average Bonchev–Trinajstić information content (AvgIpc) is 2.50. The molecule has 0 radical (unpaired) electrons. The van der Waals surface area contributed by atoms with Gasteiger partial charge < -0.3 is 0 Å². The summed E-state index contributed by atoms with van der Waals surface area (Å²) in [6, 6.07) is 9.04. The van der Waals surface area contributed by atoms with E-state index in [2.05, 4.69) is 36.1 Å². The molecule has 56 valence electrons. The third-order valence-electron chi connectivity index (χ3n) is 1.93. The van der Waals surface area contributed by atoms with Gasteiger partial charge >= 0.3 is 72.3 Å². The number of hydrogen-bond acceptors (Lipinski definition) is 0. The predicted molar refractivity (Wildman–Crippen MR) is 50.3 cm³/mol. The van der Waals surface area contributed by atoms with Gasteiger partial charge in [0.05, 0.1) is 0 Å². The zero-order chi connectivity index (χ0) is 7.68. The number of benzene rings is 1. The van der Waals surface area contributed by atoms with Crippen LogP contribution in [-0.4, -0.2) is 14.5 Å². The number of rotatable bonds is 1. The molecule has 1 heteroatoms. The minimum absolute atomic E-state index is 0.612. The molecule has 11 heavy (non-hydrogen) atoms. The van der Waals surface area contributed by atoms with Crippen molar-refractivity contribution in [1.29, 1.82) is 0 Å². The van der Waals surface area contributed by atoms with Crippen molar-refractivity contribution in [2.75, 3.05) is 0 Å². The van der Waals surface area contributed by atoms with E-state index in [1.165, 1.54) is 10.9 Å². The van der Waals surface area contributed by atoms with Gasteiger partial charge in [-0.15, -0.1) is 0 Å². The Morgan fingerprint density at radius 3 is 3.00 bits per heavy atom. The Balaban J connectivity index is 2.67. The Kier molecular flexibility index (Phi) is 1.85. The van der Waals surface area contributed by atoms with Gasteiger partial charge in [-0.05, 0) is 0 Å². The summed E-state index contributed by atoms with van der Waals surface area (Å²) in [6.45, 7) is 2.21. The maximum absolute atomic E-state index is 2.34. The first-order chi connectivity index (χ1) is 5.40. The summed E-state index contributed by atoms with van der Waals surface area (Å²) in [4.78, 5) is 2.29. The fraction of sp³-hybridized carbons (Fsp3) is 0.200. The van der Waals surface area contributed by atoms with Crippen LogP contribution in [0.3, 0.4) is 0 Å². The van der Waals surface area contributed by atoms with Crippen LogP contribution in [0, 0.1) is 0 Å². The van der Waals surface area contributed by atoms with E-state index in [0.717, 1.165) is 6.42 Å². The van der Waals surface area contributed by atoms with E-state index >= 15 is 0 Å². The van der Waals surface area contributed by atoms with Crippen molar-refractivity contribution in [2.24, 2.45) is 0 Å². The molecule has 2 aromatic rings. The van der Waals surface area contributed by atoms with Gasteiger partial charge in [0, 0.05) is 0 Å². The summed E-state index contributed by atoms with van der Waals surface area (Å²) in [5.41, 5.74) is 1.47. The van der Waals surface area contributed by atoms with Crippen LogP contribution in [0.2, 0.25) is 0 Å². The molecule has 0 bridgehead atoms. The molecule has 1 aromatic heterocycles. The normalized spacial score (nSPS) is 10.6. The summed E-state index contributed by atoms with van der Waals surface area (Å²) in [5.74, 6) is 0. The zero-order valence-electron chi connectivity index (χ0n) is 6.50. The Bertz CT molecular complexity index is 360. The molecule has 0 amide bonds. The van der Waals surface area contributed by atoms with E-state index in [0.29, 0.717) is 14.5 Å². The van der Waals surface area contributed by atoms with Crippen LogP contribution >= 0.6 is 0 Å². The molecule has 0 N–H and O–H groups in total. The fourth-order valence-corrected chi connectivity index (χ4v) is 3.01. The van der Waals surface area contributed by atoms with Gasteiger partial charge in [-0.3, -0.25) is 0 Å². The standard InChI is InChI=1S/C10H10Se/c1-2-8-3-4-9-5-6-11-10(9)7-8/h3-7H,2H2,1H3. The molecule has 0 saturated heterocycles. The molecule has 0 saturated carbocycles. The van der Waals surface area contributed by atoms with Crippen LogP contribution in [0.1, 0.15) is 12.5 Å². The molecule has 1 aromatic carbocycles. The van der Waals surface area contributed by atoms with Gasteiger partial charge in [0.1, 0.15) is 0 Å². The van der Waals surface area contributed by atoms with Gasteiger partial charge in [0.15, 0.2) is 0 Å². The summed E-state index contributed by atoms with van der Waals surface area (Å²) in [5, 5.41) is 1.43. The molecule has 0 unspecified atom stereocenters. The van der Waals surface area contributed by atoms with Crippen molar-refractivity contribution in [1.82, 2.24) is 0 Å². The van der Waals surface area contributed by atoms with Crippen LogP contribution in [0.4, 0.5) is 0 Å². The molecular formula is C10H10Se. The third-order valence-corrected chi connectivity index (χ3v) is 3.77. The van der Waals surface area contributed by atoms with Crippen molar-refractivity contribution < 1.29 is 0 Å². The van der Waals surface area contributed by atoms with E-state index in [9.17, 15) is 0 Å². The van der Waals surface area contributed by atoms with Gasteiger partial charge in [0.25, 0.3) is 0 Å². The molecule has 2 rings (SSSR count). The monoisotopic (exact) mass is 210 g/mol. The first kappa shape index (κ1) is 7.15. The van der Waals surface area contributed by atoms with Crippen LogP contribution in [0.5, 0.6) is 0 Å².